The summed E-state index contributed by atoms with van der Waals surface area (Å²) in [4.78, 5) is 7.46. The Morgan fingerprint density at radius 1 is 1.30 bits per heavy atom. The Bertz CT molecular complexity index is 763. The number of pyridine rings is 1. The quantitative estimate of drug-likeness (QED) is 0.764. The Morgan fingerprint density at radius 3 is 3.00 bits per heavy atom. The van der Waals surface area contributed by atoms with Crippen molar-refractivity contribution >= 4 is 27.5 Å². The summed E-state index contributed by atoms with van der Waals surface area (Å²) in [5.74, 6) is 0. The molecule has 2 aliphatic rings. The van der Waals surface area contributed by atoms with Gasteiger partial charge in [0.05, 0.1) is 11.7 Å². The zero-order chi connectivity index (χ0) is 18.8. The fraction of sp³-hybridized carbons (Fsp3) is 0.476. The minimum absolute atomic E-state index is 0.176. The Balaban J connectivity index is 1.73. The third-order valence-corrected chi connectivity index (χ3v) is 6.28. The van der Waals surface area contributed by atoms with E-state index >= 15 is 0 Å². The molecule has 0 amide bonds. The van der Waals surface area contributed by atoms with Gasteiger partial charge in [0.1, 0.15) is 0 Å². The fourth-order valence-electron chi connectivity index (χ4n) is 4.32. The number of hydrogen-bond donors (Lipinski definition) is 1. The Kier molecular flexibility index (Phi) is 6.15. The SMILES string of the molecule is COCC[C@H]1CN(C2c3ccc(Cl)cc3CCc3cc(Br)cnc32)CCN1. The maximum Gasteiger partial charge on any atom is 0.0782 e. The molecule has 2 heterocycles. The molecule has 2 aromatic rings. The van der Waals surface area contributed by atoms with Crippen molar-refractivity contribution in [3.63, 3.8) is 0 Å². The predicted octanol–water partition coefficient (Wildman–Crippen LogP) is 4.00. The van der Waals surface area contributed by atoms with Gasteiger partial charge < -0.3 is 10.1 Å². The summed E-state index contributed by atoms with van der Waals surface area (Å²) in [7, 11) is 1.77. The second-order valence-electron chi connectivity index (χ2n) is 7.37. The summed E-state index contributed by atoms with van der Waals surface area (Å²) in [6, 6.07) is 9.20. The van der Waals surface area contributed by atoms with E-state index in [0.717, 1.165) is 55.0 Å². The van der Waals surface area contributed by atoms with E-state index in [-0.39, 0.29) is 6.04 Å². The van der Waals surface area contributed by atoms with Crippen LogP contribution < -0.4 is 5.32 Å². The maximum absolute atomic E-state index is 6.32. The zero-order valence-electron chi connectivity index (χ0n) is 15.5. The van der Waals surface area contributed by atoms with Gasteiger partial charge in [0.15, 0.2) is 0 Å². The molecule has 1 aliphatic heterocycles. The summed E-state index contributed by atoms with van der Waals surface area (Å²) in [6.45, 7) is 3.77. The second-order valence-corrected chi connectivity index (χ2v) is 8.72. The van der Waals surface area contributed by atoms with Crippen LogP contribution in [-0.4, -0.2) is 49.3 Å². The molecule has 0 radical (unpaired) electrons. The number of benzene rings is 1. The summed E-state index contributed by atoms with van der Waals surface area (Å²) in [6.07, 6.45) is 4.94. The molecule has 6 heteroatoms. The van der Waals surface area contributed by atoms with Gasteiger partial charge >= 0.3 is 0 Å². The highest BCUT2D eigenvalue weighted by atomic mass is 79.9. The Hall–Kier alpha value is -0.980. The molecule has 1 aromatic heterocycles. The van der Waals surface area contributed by atoms with E-state index in [4.69, 9.17) is 21.3 Å². The van der Waals surface area contributed by atoms with Gasteiger partial charge in [-0.25, -0.2) is 0 Å². The van der Waals surface area contributed by atoms with E-state index in [1.54, 1.807) is 7.11 Å². The van der Waals surface area contributed by atoms with Crippen molar-refractivity contribution in [2.24, 2.45) is 0 Å². The molecule has 4 nitrogen and oxygen atoms in total. The molecule has 144 valence electrons. The molecular formula is C21H25BrClN3O. The molecule has 27 heavy (non-hydrogen) atoms. The van der Waals surface area contributed by atoms with E-state index in [2.05, 4.69) is 44.3 Å². The van der Waals surface area contributed by atoms with Crippen molar-refractivity contribution in [2.75, 3.05) is 33.4 Å². The third kappa shape index (κ3) is 4.22. The number of hydrogen-bond acceptors (Lipinski definition) is 4. The van der Waals surface area contributed by atoms with E-state index in [1.807, 2.05) is 12.3 Å². The molecule has 0 spiro atoms. The van der Waals surface area contributed by atoms with Crippen LogP contribution in [0.5, 0.6) is 0 Å². The highest BCUT2D eigenvalue weighted by molar-refractivity contribution is 9.10. The largest absolute Gasteiger partial charge is 0.385 e. The smallest absolute Gasteiger partial charge is 0.0782 e. The molecule has 1 N–H and O–H groups in total. The number of methoxy groups -OCH3 is 1. The number of aromatic nitrogens is 1. The van der Waals surface area contributed by atoms with Crippen molar-refractivity contribution in [1.82, 2.24) is 15.2 Å². The Labute approximate surface area is 174 Å². The molecule has 0 bridgehead atoms. The van der Waals surface area contributed by atoms with E-state index in [9.17, 15) is 0 Å². The molecule has 4 rings (SSSR count). The monoisotopic (exact) mass is 449 g/mol. The van der Waals surface area contributed by atoms with Gasteiger partial charge in [-0.05, 0) is 70.1 Å². The van der Waals surface area contributed by atoms with Gasteiger partial charge in [-0.3, -0.25) is 9.88 Å². The lowest BCUT2D eigenvalue weighted by Gasteiger charge is -2.39. The average Bonchev–Trinajstić information content (AvgIpc) is 2.83. The first-order valence-electron chi connectivity index (χ1n) is 9.54. The first-order chi connectivity index (χ1) is 13.2. The normalized spacial score (nSPS) is 22.8. The lowest BCUT2D eigenvalue weighted by molar-refractivity contribution is 0.129. The van der Waals surface area contributed by atoms with E-state index in [1.165, 1.54) is 22.4 Å². The summed E-state index contributed by atoms with van der Waals surface area (Å²) in [5.41, 5.74) is 5.20. The lowest BCUT2D eigenvalue weighted by atomic mass is 9.95. The van der Waals surface area contributed by atoms with Crippen molar-refractivity contribution in [3.8, 4) is 0 Å². The number of rotatable bonds is 4. The second kappa shape index (κ2) is 8.58. The third-order valence-electron chi connectivity index (χ3n) is 5.61. The Morgan fingerprint density at radius 2 is 2.15 bits per heavy atom. The molecule has 0 saturated carbocycles. The van der Waals surface area contributed by atoms with E-state index < -0.39 is 0 Å². The standard InChI is InChI=1S/C21H25BrClN3O/c1-27-9-6-18-13-26(8-7-24-18)21-19-5-4-17(23)11-14(19)2-3-15-10-16(22)12-25-20(15)21/h4-5,10-12,18,21,24H,2-3,6-9,13H2,1H3/t18-,21?/m0/s1. The van der Waals surface area contributed by atoms with E-state index in [0.29, 0.717) is 6.04 Å². The van der Waals surface area contributed by atoms with Crippen LogP contribution >= 0.6 is 27.5 Å². The number of ether oxygens (including phenoxy) is 1. The molecule has 1 fully saturated rings. The highest BCUT2D eigenvalue weighted by Gasteiger charge is 2.33. The van der Waals surface area contributed by atoms with Crippen LogP contribution in [0.25, 0.3) is 0 Å². The number of fused-ring (bicyclic) bond motifs is 2. The molecule has 1 saturated heterocycles. The topological polar surface area (TPSA) is 37.4 Å². The van der Waals surface area contributed by atoms with Gasteiger partial charge in [-0.2, -0.15) is 0 Å². The van der Waals surface area contributed by atoms with Gasteiger partial charge in [0.2, 0.25) is 0 Å². The first-order valence-corrected chi connectivity index (χ1v) is 10.7. The van der Waals surface area contributed by atoms with Crippen molar-refractivity contribution in [2.45, 2.75) is 31.3 Å². The van der Waals surface area contributed by atoms with Crippen LogP contribution in [0.3, 0.4) is 0 Å². The molecular weight excluding hydrogens is 426 g/mol. The van der Waals surface area contributed by atoms with Crippen LogP contribution in [0.1, 0.15) is 34.8 Å². The minimum Gasteiger partial charge on any atom is -0.385 e. The van der Waals surface area contributed by atoms with Gasteiger partial charge in [-0.15, -0.1) is 0 Å². The number of aryl methyl sites for hydroxylation is 2. The minimum atomic E-state index is 0.176. The van der Waals surface area contributed by atoms with Gasteiger partial charge in [-0.1, -0.05) is 17.7 Å². The summed E-state index contributed by atoms with van der Waals surface area (Å²) < 4.78 is 6.34. The maximum atomic E-state index is 6.32. The average molecular weight is 451 g/mol. The van der Waals surface area contributed by atoms with Crippen LogP contribution in [0.2, 0.25) is 5.02 Å². The van der Waals surface area contributed by atoms with Gasteiger partial charge in [0, 0.05) is 55.1 Å². The molecule has 2 atom stereocenters. The lowest BCUT2D eigenvalue weighted by Crippen LogP contribution is -2.52. The van der Waals surface area contributed by atoms with Crippen LogP contribution in [-0.2, 0) is 17.6 Å². The number of piperazine rings is 1. The van der Waals surface area contributed by atoms with Gasteiger partial charge in [0.25, 0.3) is 0 Å². The summed E-state index contributed by atoms with van der Waals surface area (Å²) >= 11 is 9.92. The molecule has 1 unspecified atom stereocenters. The van der Waals surface area contributed by atoms with Crippen LogP contribution in [0.4, 0.5) is 0 Å². The van der Waals surface area contributed by atoms with Crippen LogP contribution in [0.15, 0.2) is 34.9 Å². The first kappa shape index (κ1) is 19.3. The number of nitrogens with zero attached hydrogens (tertiary/aromatic N) is 2. The van der Waals surface area contributed by atoms with Crippen molar-refractivity contribution < 1.29 is 4.74 Å². The zero-order valence-corrected chi connectivity index (χ0v) is 17.9. The fourth-order valence-corrected chi connectivity index (χ4v) is 4.89. The van der Waals surface area contributed by atoms with Crippen molar-refractivity contribution in [1.29, 1.82) is 0 Å². The van der Waals surface area contributed by atoms with Crippen molar-refractivity contribution in [3.05, 3.63) is 62.3 Å². The number of halogens is 2. The molecule has 1 aliphatic carbocycles. The number of nitrogens with one attached hydrogen (secondary N) is 1. The molecule has 1 aromatic carbocycles. The van der Waals surface area contributed by atoms with Crippen LogP contribution in [0, 0.1) is 0 Å². The summed E-state index contributed by atoms with van der Waals surface area (Å²) in [5, 5.41) is 4.45. The predicted molar refractivity (Wildman–Crippen MR) is 112 cm³/mol. The highest BCUT2D eigenvalue weighted by Crippen LogP contribution is 2.38.